The smallest absolute Gasteiger partial charge is 0.214 e. The van der Waals surface area contributed by atoms with Crippen molar-refractivity contribution in [2.45, 2.75) is 37.5 Å². The molecular formula is C17H24N4OS. The molecule has 6 heteroatoms. The number of guanidine groups is 1. The van der Waals surface area contributed by atoms with E-state index in [2.05, 4.69) is 51.8 Å². The quantitative estimate of drug-likeness (QED) is 0.483. The van der Waals surface area contributed by atoms with Crippen molar-refractivity contribution in [1.29, 1.82) is 0 Å². The number of nitrogens with zero attached hydrogens (tertiary/aromatic N) is 2. The van der Waals surface area contributed by atoms with E-state index in [1.807, 2.05) is 31.7 Å². The third-order valence-corrected chi connectivity index (χ3v) is 4.45. The SMILES string of the molecule is CN=C(NCc1nc(C)c(C)o1)NCC(C)Sc1ccccc1. The lowest BCUT2D eigenvalue weighted by molar-refractivity contribution is 0.464. The molecule has 0 saturated carbocycles. The van der Waals surface area contributed by atoms with Gasteiger partial charge in [0.25, 0.3) is 0 Å². The van der Waals surface area contributed by atoms with Crippen LogP contribution >= 0.6 is 11.8 Å². The van der Waals surface area contributed by atoms with Crippen LogP contribution in [0.3, 0.4) is 0 Å². The highest BCUT2D eigenvalue weighted by molar-refractivity contribution is 8.00. The molecule has 0 fully saturated rings. The van der Waals surface area contributed by atoms with Crippen molar-refractivity contribution >= 4 is 17.7 Å². The van der Waals surface area contributed by atoms with Crippen LogP contribution in [0.5, 0.6) is 0 Å². The number of hydrogen-bond donors (Lipinski definition) is 2. The van der Waals surface area contributed by atoms with Gasteiger partial charge in [-0.2, -0.15) is 0 Å². The standard InChI is InChI=1S/C17H24N4OS/c1-12(23-15-8-6-5-7-9-15)10-19-17(18-4)20-11-16-21-13(2)14(3)22-16/h5-9,12H,10-11H2,1-4H3,(H2,18,19,20). The topological polar surface area (TPSA) is 62.5 Å². The highest BCUT2D eigenvalue weighted by atomic mass is 32.2. The van der Waals surface area contributed by atoms with Crippen LogP contribution in [0.4, 0.5) is 0 Å². The number of hydrogen-bond acceptors (Lipinski definition) is 4. The second kappa shape index (κ2) is 8.62. The molecule has 2 aromatic rings. The maximum Gasteiger partial charge on any atom is 0.214 e. The molecule has 0 saturated heterocycles. The summed E-state index contributed by atoms with van der Waals surface area (Å²) < 4.78 is 5.55. The Bertz CT molecular complexity index is 620. The van der Waals surface area contributed by atoms with Crippen molar-refractivity contribution in [3.63, 3.8) is 0 Å². The molecule has 0 aliphatic carbocycles. The molecule has 1 unspecified atom stereocenters. The molecular weight excluding hydrogens is 308 g/mol. The van der Waals surface area contributed by atoms with Gasteiger partial charge in [-0.1, -0.05) is 25.1 Å². The molecule has 0 amide bonds. The van der Waals surface area contributed by atoms with Gasteiger partial charge in [-0.3, -0.25) is 4.99 Å². The Morgan fingerprint density at radius 1 is 1.26 bits per heavy atom. The van der Waals surface area contributed by atoms with Crippen LogP contribution in [-0.4, -0.2) is 29.8 Å². The van der Waals surface area contributed by atoms with Crippen molar-refractivity contribution in [3.05, 3.63) is 47.7 Å². The zero-order chi connectivity index (χ0) is 16.7. The maximum atomic E-state index is 5.55. The largest absolute Gasteiger partial charge is 0.444 e. The van der Waals surface area contributed by atoms with Gasteiger partial charge in [0.05, 0.1) is 12.2 Å². The fourth-order valence-corrected chi connectivity index (χ4v) is 2.95. The van der Waals surface area contributed by atoms with E-state index in [-0.39, 0.29) is 0 Å². The number of aliphatic imine (C=N–C) groups is 1. The minimum atomic E-state index is 0.433. The van der Waals surface area contributed by atoms with E-state index < -0.39 is 0 Å². The summed E-state index contributed by atoms with van der Waals surface area (Å²) in [5, 5.41) is 6.98. The molecule has 1 aromatic heterocycles. The average molecular weight is 332 g/mol. The van der Waals surface area contributed by atoms with E-state index in [0.717, 1.165) is 24.0 Å². The summed E-state index contributed by atoms with van der Waals surface area (Å²) in [6, 6.07) is 10.4. The summed E-state index contributed by atoms with van der Waals surface area (Å²) in [6.45, 7) is 7.40. The first-order valence-corrected chi connectivity index (χ1v) is 8.55. The molecule has 0 aliphatic heterocycles. The van der Waals surface area contributed by atoms with Gasteiger partial charge in [0.1, 0.15) is 5.76 Å². The number of thioether (sulfide) groups is 1. The molecule has 1 heterocycles. The first-order chi connectivity index (χ1) is 11.1. The van der Waals surface area contributed by atoms with Gasteiger partial charge in [0, 0.05) is 23.7 Å². The van der Waals surface area contributed by atoms with Gasteiger partial charge >= 0.3 is 0 Å². The van der Waals surface area contributed by atoms with Gasteiger partial charge < -0.3 is 15.1 Å². The fourth-order valence-electron chi connectivity index (χ4n) is 2.01. The number of oxazole rings is 1. The van der Waals surface area contributed by atoms with Crippen LogP contribution in [0, 0.1) is 13.8 Å². The van der Waals surface area contributed by atoms with Crippen LogP contribution < -0.4 is 10.6 Å². The number of aromatic nitrogens is 1. The molecule has 23 heavy (non-hydrogen) atoms. The molecule has 5 nitrogen and oxygen atoms in total. The Morgan fingerprint density at radius 2 is 2.00 bits per heavy atom. The van der Waals surface area contributed by atoms with Crippen molar-refractivity contribution < 1.29 is 4.42 Å². The second-order valence-corrected chi connectivity index (χ2v) is 6.81. The zero-order valence-corrected chi connectivity index (χ0v) is 14.9. The Labute approximate surface area is 142 Å². The first-order valence-electron chi connectivity index (χ1n) is 7.67. The van der Waals surface area contributed by atoms with E-state index in [9.17, 15) is 0 Å². The van der Waals surface area contributed by atoms with E-state index >= 15 is 0 Å². The zero-order valence-electron chi connectivity index (χ0n) is 14.1. The highest BCUT2D eigenvalue weighted by Crippen LogP contribution is 2.21. The van der Waals surface area contributed by atoms with E-state index in [1.165, 1.54) is 4.90 Å². The molecule has 0 aliphatic rings. The van der Waals surface area contributed by atoms with E-state index in [0.29, 0.717) is 17.7 Å². The normalized spacial score (nSPS) is 13.0. The number of nitrogens with one attached hydrogen (secondary N) is 2. The predicted molar refractivity (Wildman–Crippen MR) is 95.9 cm³/mol. The predicted octanol–water partition coefficient (Wildman–Crippen LogP) is 3.14. The molecule has 2 rings (SSSR count). The van der Waals surface area contributed by atoms with Crippen LogP contribution in [0.1, 0.15) is 24.3 Å². The molecule has 1 atom stereocenters. The first kappa shape index (κ1) is 17.4. The van der Waals surface area contributed by atoms with Gasteiger partial charge in [0.2, 0.25) is 5.89 Å². The summed E-state index contributed by atoms with van der Waals surface area (Å²) in [5.74, 6) is 2.28. The molecule has 2 N–H and O–H groups in total. The molecule has 0 spiro atoms. The van der Waals surface area contributed by atoms with E-state index in [1.54, 1.807) is 7.05 Å². The fraction of sp³-hybridized carbons (Fsp3) is 0.412. The summed E-state index contributed by atoms with van der Waals surface area (Å²) in [5.41, 5.74) is 0.928. The summed E-state index contributed by atoms with van der Waals surface area (Å²) in [6.07, 6.45) is 0. The monoisotopic (exact) mass is 332 g/mol. The van der Waals surface area contributed by atoms with Gasteiger partial charge in [-0.25, -0.2) is 4.98 Å². The van der Waals surface area contributed by atoms with Crippen molar-refractivity contribution in [2.75, 3.05) is 13.6 Å². The summed E-state index contributed by atoms with van der Waals surface area (Å²) >= 11 is 1.84. The molecule has 1 aromatic carbocycles. The van der Waals surface area contributed by atoms with Crippen LogP contribution in [0.25, 0.3) is 0 Å². The van der Waals surface area contributed by atoms with E-state index in [4.69, 9.17) is 4.42 Å². The second-order valence-electron chi connectivity index (χ2n) is 5.30. The minimum Gasteiger partial charge on any atom is -0.444 e. The minimum absolute atomic E-state index is 0.433. The van der Waals surface area contributed by atoms with Gasteiger partial charge in [-0.15, -0.1) is 11.8 Å². The molecule has 0 bridgehead atoms. The Kier molecular flexibility index (Phi) is 6.52. The summed E-state index contributed by atoms with van der Waals surface area (Å²) in [4.78, 5) is 9.85. The number of benzene rings is 1. The Morgan fingerprint density at radius 3 is 2.61 bits per heavy atom. The van der Waals surface area contributed by atoms with Gasteiger partial charge in [-0.05, 0) is 26.0 Å². The van der Waals surface area contributed by atoms with Gasteiger partial charge in [0.15, 0.2) is 5.96 Å². The lowest BCUT2D eigenvalue weighted by Crippen LogP contribution is -2.39. The Hall–Kier alpha value is -1.95. The molecule has 0 radical (unpaired) electrons. The third-order valence-electron chi connectivity index (χ3n) is 3.34. The van der Waals surface area contributed by atoms with Crippen LogP contribution in [-0.2, 0) is 6.54 Å². The molecule has 124 valence electrons. The maximum absolute atomic E-state index is 5.55. The lowest BCUT2D eigenvalue weighted by atomic mass is 10.4. The van der Waals surface area contributed by atoms with Crippen molar-refractivity contribution in [1.82, 2.24) is 15.6 Å². The summed E-state index contributed by atoms with van der Waals surface area (Å²) in [7, 11) is 1.76. The number of rotatable bonds is 6. The van der Waals surface area contributed by atoms with Crippen LogP contribution in [0.15, 0.2) is 44.6 Å². The highest BCUT2D eigenvalue weighted by Gasteiger charge is 2.08. The third kappa shape index (κ3) is 5.63. The van der Waals surface area contributed by atoms with Crippen molar-refractivity contribution in [3.8, 4) is 0 Å². The van der Waals surface area contributed by atoms with Crippen LogP contribution in [0.2, 0.25) is 0 Å². The lowest BCUT2D eigenvalue weighted by Gasteiger charge is -2.15. The average Bonchev–Trinajstić information content (AvgIpc) is 2.87. The van der Waals surface area contributed by atoms with Crippen molar-refractivity contribution in [2.24, 2.45) is 4.99 Å². The Balaban J connectivity index is 1.76. The number of aryl methyl sites for hydroxylation is 2.